The zero-order chi connectivity index (χ0) is 21.8. The number of hydrogen-bond donors (Lipinski definition) is 0. The third kappa shape index (κ3) is 19.8. The van der Waals surface area contributed by atoms with E-state index < -0.39 is 19.2 Å². The molecule has 174 valence electrons. The molecule has 0 aliphatic carbocycles. The zero-order valence-corrected chi connectivity index (χ0v) is 21.0. The number of hydrogen-bond acceptors (Lipinski definition) is 7. The lowest BCUT2D eigenvalue weighted by molar-refractivity contribution is -0.0282. The number of ether oxygens (including phenoxy) is 3. The molecule has 0 saturated carbocycles. The smallest absolute Gasteiger partial charge is 0.438 e. The summed E-state index contributed by atoms with van der Waals surface area (Å²) in [6.07, 6.45) is 10.8. The van der Waals surface area contributed by atoms with Gasteiger partial charge in [-0.3, -0.25) is 9.05 Å². The lowest BCUT2D eigenvalue weighted by Gasteiger charge is -2.19. The molecule has 10 heteroatoms. The highest BCUT2D eigenvalue weighted by atomic mass is 79.9. The molecule has 0 saturated heterocycles. The minimum atomic E-state index is -3.73. The Morgan fingerprint density at radius 2 is 1.52 bits per heavy atom. The second-order valence-corrected chi connectivity index (χ2v) is 10.1. The summed E-state index contributed by atoms with van der Waals surface area (Å²) in [5.74, 6) is 0. The first-order valence-electron chi connectivity index (χ1n) is 10.4. The van der Waals surface area contributed by atoms with Crippen LogP contribution in [0.25, 0.3) is 0 Å². The summed E-state index contributed by atoms with van der Waals surface area (Å²) < 4.78 is 37.0. The number of rotatable bonds is 20. The van der Waals surface area contributed by atoms with Crippen LogP contribution in [-0.2, 0) is 27.8 Å². The van der Waals surface area contributed by atoms with Gasteiger partial charge in [-0.1, -0.05) is 80.6 Å². The second-order valence-electron chi connectivity index (χ2n) is 6.70. The number of halogens is 2. The van der Waals surface area contributed by atoms with Gasteiger partial charge in [0.05, 0.1) is 26.9 Å². The fourth-order valence-corrected chi connectivity index (χ4v) is 4.08. The van der Waals surface area contributed by atoms with E-state index in [0.29, 0.717) is 11.9 Å². The molecule has 2 atom stereocenters. The summed E-state index contributed by atoms with van der Waals surface area (Å²) in [4.78, 5) is 11.3. The summed E-state index contributed by atoms with van der Waals surface area (Å²) in [7, 11) is 1.20. The Labute approximate surface area is 188 Å². The number of carbonyl (C=O) groups excluding carboxylic acids is 1. The van der Waals surface area contributed by atoms with Crippen LogP contribution in [-0.4, -0.2) is 51.1 Å². The second kappa shape index (κ2) is 20.1. The standard InChI is InChI=1S/C19H37BrClO7P/c1-3-4-5-6-7-8-9-10-11-12-14-25-16-18(28-19(22)24-2)17-27-29(21,23)26-15-13-20/h18H,3-17H2,1-2H3. The number of methoxy groups -OCH3 is 1. The first-order chi connectivity index (χ1) is 13.9. The Hall–Kier alpha value is 0.150. The van der Waals surface area contributed by atoms with Gasteiger partial charge in [-0.05, 0) is 6.42 Å². The summed E-state index contributed by atoms with van der Waals surface area (Å²) in [5, 5.41) is 0.469. The van der Waals surface area contributed by atoms with Gasteiger partial charge in [-0.25, -0.2) is 9.36 Å². The van der Waals surface area contributed by atoms with Crippen LogP contribution >= 0.6 is 34.1 Å². The highest BCUT2D eigenvalue weighted by Gasteiger charge is 2.25. The summed E-state index contributed by atoms with van der Waals surface area (Å²) in [6, 6.07) is 0. The van der Waals surface area contributed by atoms with E-state index in [-0.39, 0.29) is 19.8 Å². The van der Waals surface area contributed by atoms with Crippen LogP contribution in [0.15, 0.2) is 0 Å². The molecule has 0 aromatic carbocycles. The molecule has 0 aromatic rings. The molecule has 0 amide bonds. The molecule has 29 heavy (non-hydrogen) atoms. The minimum absolute atomic E-state index is 0.0991. The average molecular weight is 524 g/mol. The van der Waals surface area contributed by atoms with Gasteiger partial charge in [0.15, 0.2) is 6.10 Å². The van der Waals surface area contributed by atoms with Crippen LogP contribution in [0.1, 0.15) is 71.1 Å². The van der Waals surface area contributed by atoms with Crippen LogP contribution in [0.3, 0.4) is 0 Å². The van der Waals surface area contributed by atoms with Crippen molar-refractivity contribution in [2.45, 2.75) is 77.2 Å². The molecular weight excluding hydrogens is 487 g/mol. The SMILES string of the molecule is CCCCCCCCCCCCOCC(COP(=O)(Cl)OCCBr)OC(=O)OC. The Morgan fingerprint density at radius 1 is 0.931 bits per heavy atom. The van der Waals surface area contributed by atoms with Crippen molar-refractivity contribution in [2.75, 3.05) is 38.9 Å². The highest BCUT2D eigenvalue weighted by molar-refractivity contribution is 9.09. The van der Waals surface area contributed by atoms with E-state index in [9.17, 15) is 9.36 Å². The van der Waals surface area contributed by atoms with Crippen molar-refractivity contribution < 1.29 is 32.6 Å². The maximum absolute atomic E-state index is 11.9. The van der Waals surface area contributed by atoms with Gasteiger partial charge in [0, 0.05) is 23.2 Å². The van der Waals surface area contributed by atoms with Crippen LogP contribution < -0.4 is 0 Å². The van der Waals surface area contributed by atoms with Crippen LogP contribution in [0.2, 0.25) is 0 Å². The quantitative estimate of drug-likeness (QED) is 0.0747. The topological polar surface area (TPSA) is 80.3 Å². The van der Waals surface area contributed by atoms with E-state index in [0.717, 1.165) is 12.8 Å². The van der Waals surface area contributed by atoms with E-state index in [1.165, 1.54) is 58.5 Å². The Bertz CT molecular complexity index is 443. The molecular formula is C19H37BrClO7P. The average Bonchev–Trinajstić information content (AvgIpc) is 2.71. The lowest BCUT2D eigenvalue weighted by atomic mass is 10.1. The number of carbonyl (C=O) groups is 1. The number of alkyl halides is 1. The maximum Gasteiger partial charge on any atom is 0.508 e. The number of unbranched alkanes of at least 4 members (excludes halogenated alkanes) is 9. The van der Waals surface area contributed by atoms with Crippen LogP contribution in [0.4, 0.5) is 4.79 Å². The molecule has 0 aliphatic rings. The first kappa shape index (κ1) is 29.1. The van der Waals surface area contributed by atoms with Crippen molar-refractivity contribution in [2.24, 2.45) is 0 Å². The molecule has 0 aliphatic heterocycles. The predicted molar refractivity (Wildman–Crippen MR) is 119 cm³/mol. The maximum atomic E-state index is 11.9. The molecule has 2 unspecified atom stereocenters. The van der Waals surface area contributed by atoms with Gasteiger partial charge < -0.3 is 14.2 Å². The fraction of sp³-hybridized carbons (Fsp3) is 0.947. The van der Waals surface area contributed by atoms with Gasteiger partial charge in [0.2, 0.25) is 0 Å². The molecule has 0 radical (unpaired) electrons. The van der Waals surface area contributed by atoms with E-state index in [4.69, 9.17) is 29.8 Å². The van der Waals surface area contributed by atoms with Gasteiger partial charge in [0.25, 0.3) is 0 Å². The molecule has 0 heterocycles. The third-order valence-electron chi connectivity index (χ3n) is 4.11. The van der Waals surface area contributed by atoms with Crippen molar-refractivity contribution in [3.63, 3.8) is 0 Å². The first-order valence-corrected chi connectivity index (χ1v) is 14.0. The summed E-state index contributed by atoms with van der Waals surface area (Å²) >= 11 is 8.83. The fourth-order valence-electron chi connectivity index (χ4n) is 2.56. The van der Waals surface area contributed by atoms with Crippen molar-refractivity contribution in [1.29, 1.82) is 0 Å². The molecule has 0 spiro atoms. The largest absolute Gasteiger partial charge is 0.508 e. The van der Waals surface area contributed by atoms with Crippen molar-refractivity contribution in [3.8, 4) is 0 Å². The van der Waals surface area contributed by atoms with Crippen molar-refractivity contribution in [1.82, 2.24) is 0 Å². The minimum Gasteiger partial charge on any atom is -0.438 e. The predicted octanol–water partition coefficient (Wildman–Crippen LogP) is 6.85. The third-order valence-corrected chi connectivity index (χ3v) is 5.97. The molecule has 0 rings (SSSR count). The molecule has 0 bridgehead atoms. The van der Waals surface area contributed by atoms with E-state index >= 15 is 0 Å². The highest BCUT2D eigenvalue weighted by Crippen LogP contribution is 2.53. The molecule has 0 fully saturated rings. The Kier molecular flexibility index (Phi) is 20.2. The Morgan fingerprint density at radius 3 is 2.07 bits per heavy atom. The lowest BCUT2D eigenvalue weighted by Crippen LogP contribution is -2.28. The van der Waals surface area contributed by atoms with Crippen LogP contribution in [0.5, 0.6) is 0 Å². The summed E-state index contributed by atoms with van der Waals surface area (Å²) in [6.45, 7) is -0.922. The summed E-state index contributed by atoms with van der Waals surface area (Å²) in [5.41, 5.74) is 0. The normalized spacial score (nSPS) is 14.3. The monoisotopic (exact) mass is 522 g/mol. The van der Waals surface area contributed by atoms with Gasteiger partial charge in [-0.2, -0.15) is 0 Å². The molecule has 0 aromatic heterocycles. The van der Waals surface area contributed by atoms with Gasteiger partial charge in [0.1, 0.15) is 0 Å². The van der Waals surface area contributed by atoms with Gasteiger partial charge in [-0.15, -0.1) is 0 Å². The van der Waals surface area contributed by atoms with E-state index in [1.54, 1.807) is 0 Å². The van der Waals surface area contributed by atoms with E-state index in [2.05, 4.69) is 27.6 Å². The molecule has 0 N–H and O–H groups in total. The van der Waals surface area contributed by atoms with Gasteiger partial charge >= 0.3 is 13.1 Å². The van der Waals surface area contributed by atoms with Crippen molar-refractivity contribution in [3.05, 3.63) is 0 Å². The Balaban J connectivity index is 3.89. The molecule has 7 nitrogen and oxygen atoms in total. The van der Waals surface area contributed by atoms with Crippen molar-refractivity contribution >= 4 is 40.3 Å². The van der Waals surface area contributed by atoms with E-state index in [1.807, 2.05) is 0 Å². The zero-order valence-electron chi connectivity index (χ0n) is 17.7. The van der Waals surface area contributed by atoms with Crippen LogP contribution in [0, 0.1) is 0 Å².